The van der Waals surface area contributed by atoms with Gasteiger partial charge in [0.05, 0.1) is 12.0 Å². The molecule has 0 radical (unpaired) electrons. The van der Waals surface area contributed by atoms with E-state index in [0.717, 1.165) is 17.7 Å². The van der Waals surface area contributed by atoms with E-state index in [1.165, 1.54) is 14.2 Å². The van der Waals surface area contributed by atoms with Crippen LogP contribution in [0.3, 0.4) is 0 Å². The van der Waals surface area contributed by atoms with Crippen molar-refractivity contribution < 1.29 is 28.8 Å². The minimum absolute atomic E-state index is 0.103. The van der Waals surface area contributed by atoms with Crippen LogP contribution >= 0.6 is 0 Å². The Balaban J connectivity index is 2.73. The van der Waals surface area contributed by atoms with Gasteiger partial charge in [-0.1, -0.05) is 13.3 Å². The predicted octanol–water partition coefficient (Wildman–Crippen LogP) is 2.56. The zero-order valence-electron chi connectivity index (χ0n) is 15.7. The molecule has 0 aromatic heterocycles. The summed E-state index contributed by atoms with van der Waals surface area (Å²) in [5.41, 5.74) is 0.411. The summed E-state index contributed by atoms with van der Waals surface area (Å²) in [7, 11) is 2.84. The van der Waals surface area contributed by atoms with Crippen molar-refractivity contribution in [1.29, 1.82) is 0 Å². The van der Waals surface area contributed by atoms with Crippen LogP contribution in [0.2, 0.25) is 0 Å². The number of ether oxygens (including phenoxy) is 2. The van der Waals surface area contributed by atoms with E-state index in [0.29, 0.717) is 11.1 Å². The van der Waals surface area contributed by atoms with Crippen LogP contribution in [0, 0.1) is 0 Å². The maximum Gasteiger partial charge on any atom is 0.313 e. The van der Waals surface area contributed by atoms with Crippen LogP contribution in [0.15, 0.2) is 11.1 Å². The molecule has 0 saturated heterocycles. The molecule has 7 nitrogen and oxygen atoms in total. The zero-order valence-corrected chi connectivity index (χ0v) is 15.7. The summed E-state index contributed by atoms with van der Waals surface area (Å²) >= 11 is 0. The summed E-state index contributed by atoms with van der Waals surface area (Å²) in [6, 6.07) is 0. The Bertz CT molecular complexity index is 483. The summed E-state index contributed by atoms with van der Waals surface area (Å²) in [5, 5.41) is 0. The van der Waals surface area contributed by atoms with Gasteiger partial charge in [0.15, 0.2) is 0 Å². The first-order valence-corrected chi connectivity index (χ1v) is 8.14. The van der Waals surface area contributed by atoms with Gasteiger partial charge in [-0.3, -0.25) is 14.5 Å². The lowest BCUT2D eigenvalue weighted by Gasteiger charge is -2.33. The Kier molecular flexibility index (Phi) is 7.10. The van der Waals surface area contributed by atoms with Gasteiger partial charge in [0.1, 0.15) is 0 Å². The fourth-order valence-corrected chi connectivity index (χ4v) is 2.49. The summed E-state index contributed by atoms with van der Waals surface area (Å²) in [5.74, 6) is -2.09. The number of hydrogen-bond acceptors (Lipinski definition) is 6. The van der Waals surface area contributed by atoms with Crippen LogP contribution < -0.4 is 0 Å². The normalized spacial score (nSPS) is 16.5. The monoisotopic (exact) mass is 343 g/mol. The topological polar surface area (TPSA) is 74.3 Å². The first-order valence-electron chi connectivity index (χ1n) is 8.14. The highest BCUT2D eigenvalue weighted by atomic mass is 17.3. The summed E-state index contributed by atoms with van der Waals surface area (Å²) in [6.07, 6.45) is 1.85. The van der Waals surface area contributed by atoms with E-state index >= 15 is 0 Å². The number of nitrogens with zero attached hydrogens (tertiary/aromatic N) is 1. The fraction of sp³-hybridized carbons (Fsp3) is 0.765. The molecule has 1 aliphatic rings. The first kappa shape index (κ1) is 20.8. The third-order valence-electron chi connectivity index (χ3n) is 4.20. The molecule has 0 bridgehead atoms. The van der Waals surface area contributed by atoms with Gasteiger partial charge in [-0.15, -0.1) is 0 Å². The number of rotatable bonds is 10. The Morgan fingerprint density at radius 3 is 1.83 bits per heavy atom. The highest BCUT2D eigenvalue weighted by Crippen LogP contribution is 2.27. The van der Waals surface area contributed by atoms with Gasteiger partial charge in [-0.25, -0.2) is 4.89 Å². The smallest absolute Gasteiger partial charge is 0.313 e. The molecule has 0 N–H and O–H groups in total. The molecule has 0 saturated carbocycles. The van der Waals surface area contributed by atoms with Crippen LogP contribution in [0.4, 0.5) is 0 Å². The largest absolute Gasteiger partial charge is 0.329 e. The number of amides is 2. The van der Waals surface area contributed by atoms with Crippen molar-refractivity contribution in [2.75, 3.05) is 20.8 Å². The van der Waals surface area contributed by atoms with Crippen LogP contribution in [-0.2, 0) is 28.8 Å². The van der Waals surface area contributed by atoms with Gasteiger partial charge in [0, 0.05) is 31.9 Å². The quantitative estimate of drug-likeness (QED) is 0.263. The third kappa shape index (κ3) is 4.63. The van der Waals surface area contributed by atoms with Gasteiger partial charge >= 0.3 is 5.97 Å². The van der Waals surface area contributed by atoms with E-state index in [9.17, 15) is 9.59 Å². The summed E-state index contributed by atoms with van der Waals surface area (Å²) < 4.78 is 10.6. The Morgan fingerprint density at radius 2 is 1.42 bits per heavy atom. The highest BCUT2D eigenvalue weighted by Gasteiger charge is 2.39. The lowest BCUT2D eigenvalue weighted by molar-refractivity contribution is -0.522. The number of methoxy groups -OCH3 is 2. The van der Waals surface area contributed by atoms with Crippen molar-refractivity contribution in [1.82, 2.24) is 4.90 Å². The molecule has 7 heteroatoms. The number of carbonyl (C=O) groups excluding carboxylic acids is 2. The molecular formula is C17H29NO6. The molecule has 2 amide bonds. The molecule has 1 aliphatic heterocycles. The fourth-order valence-electron chi connectivity index (χ4n) is 2.49. The van der Waals surface area contributed by atoms with E-state index in [2.05, 4.69) is 0 Å². The van der Waals surface area contributed by atoms with Gasteiger partial charge in [0.25, 0.3) is 11.8 Å². The number of imide groups is 1. The van der Waals surface area contributed by atoms with E-state index in [1.807, 2.05) is 20.8 Å². The van der Waals surface area contributed by atoms with Crippen molar-refractivity contribution in [2.24, 2.45) is 0 Å². The van der Waals surface area contributed by atoms with Crippen molar-refractivity contribution in [3.05, 3.63) is 11.1 Å². The number of hydrogen-bond donors (Lipinski definition) is 0. The lowest BCUT2D eigenvalue weighted by Crippen LogP contribution is -2.44. The van der Waals surface area contributed by atoms with Crippen LogP contribution in [-0.4, -0.2) is 49.1 Å². The third-order valence-corrected chi connectivity index (χ3v) is 4.20. The average molecular weight is 343 g/mol. The first-order chi connectivity index (χ1) is 11.1. The molecular weight excluding hydrogens is 314 g/mol. The van der Waals surface area contributed by atoms with E-state index in [1.54, 1.807) is 13.8 Å². The molecule has 138 valence electrons. The number of carbonyl (C=O) groups is 2. The Morgan fingerprint density at radius 1 is 0.917 bits per heavy atom. The predicted molar refractivity (Wildman–Crippen MR) is 87.6 cm³/mol. The Labute approximate surface area is 143 Å². The van der Waals surface area contributed by atoms with Gasteiger partial charge in [-0.05, 0) is 34.1 Å². The molecule has 0 aliphatic carbocycles. The minimum atomic E-state index is -1.49. The standard InChI is InChI=1S/C17H29NO6/c1-8-9-16(4,5)23-24-17(21-6,22-7)10-11-18-14(19)12(2)13(3)15(18)20/h8-11H2,1-7H3. The molecule has 0 atom stereocenters. The zero-order chi connectivity index (χ0) is 18.5. The molecule has 1 rings (SSSR count). The second-order valence-electron chi connectivity index (χ2n) is 6.53. The lowest BCUT2D eigenvalue weighted by atomic mass is 10.0. The van der Waals surface area contributed by atoms with Crippen LogP contribution in [0.1, 0.15) is 53.9 Å². The van der Waals surface area contributed by atoms with Crippen LogP contribution in [0.5, 0.6) is 0 Å². The molecule has 0 fully saturated rings. The second-order valence-corrected chi connectivity index (χ2v) is 6.53. The molecule has 0 unspecified atom stereocenters. The maximum absolute atomic E-state index is 12.1. The summed E-state index contributed by atoms with van der Waals surface area (Å²) in [6.45, 7) is 9.23. The van der Waals surface area contributed by atoms with Crippen LogP contribution in [0.25, 0.3) is 0 Å². The van der Waals surface area contributed by atoms with Crippen molar-refractivity contribution in [3.63, 3.8) is 0 Å². The van der Waals surface area contributed by atoms with Gasteiger partial charge in [-0.2, -0.15) is 4.89 Å². The minimum Gasteiger partial charge on any atom is -0.329 e. The maximum atomic E-state index is 12.1. The van der Waals surface area contributed by atoms with Crippen molar-refractivity contribution in [3.8, 4) is 0 Å². The average Bonchev–Trinajstić information content (AvgIpc) is 2.72. The SMILES string of the molecule is CCCC(C)(C)OOC(CCN1C(=O)C(C)=C(C)C1=O)(OC)OC. The summed E-state index contributed by atoms with van der Waals surface area (Å²) in [4.78, 5) is 36.3. The molecule has 1 heterocycles. The van der Waals surface area contributed by atoms with E-state index < -0.39 is 11.6 Å². The van der Waals surface area contributed by atoms with Gasteiger partial charge < -0.3 is 9.47 Å². The molecule has 24 heavy (non-hydrogen) atoms. The van der Waals surface area contributed by atoms with Gasteiger partial charge in [0.2, 0.25) is 0 Å². The second kappa shape index (κ2) is 8.20. The van der Waals surface area contributed by atoms with Crippen molar-refractivity contribution >= 4 is 11.8 Å². The van der Waals surface area contributed by atoms with E-state index in [4.69, 9.17) is 19.2 Å². The Hall–Kier alpha value is -1.28. The van der Waals surface area contributed by atoms with Crippen molar-refractivity contribution in [2.45, 2.75) is 65.5 Å². The van der Waals surface area contributed by atoms with E-state index in [-0.39, 0.29) is 24.8 Å². The highest BCUT2D eigenvalue weighted by molar-refractivity contribution is 6.18. The molecule has 0 spiro atoms. The molecule has 0 aromatic rings. The molecule has 0 aromatic carbocycles.